The van der Waals surface area contributed by atoms with Gasteiger partial charge in [-0.15, -0.1) is 0 Å². The molecule has 2 saturated carbocycles. The lowest BCUT2D eigenvalue weighted by Gasteiger charge is -2.59. The Hall–Kier alpha value is -0.830. The molecule has 17 heavy (non-hydrogen) atoms. The third-order valence-corrected chi connectivity index (χ3v) is 5.05. The average molecular weight is 237 g/mol. The van der Waals surface area contributed by atoms with Gasteiger partial charge in [0.05, 0.1) is 6.42 Å². The van der Waals surface area contributed by atoms with Gasteiger partial charge >= 0.3 is 5.97 Å². The van der Waals surface area contributed by atoms with E-state index in [0.29, 0.717) is 18.4 Å². The molecule has 0 aromatic carbocycles. The highest BCUT2D eigenvalue weighted by Gasteiger charge is 2.61. The van der Waals surface area contributed by atoms with E-state index in [1.807, 2.05) is 6.92 Å². The molecule has 0 bridgehead atoms. The van der Waals surface area contributed by atoms with Gasteiger partial charge in [0.25, 0.3) is 0 Å². The predicted octanol–water partition coefficient (Wildman–Crippen LogP) is 2.42. The molecule has 0 amide bonds. The molecule has 0 radical (unpaired) electrons. The third-order valence-electron chi connectivity index (χ3n) is 5.05. The minimum absolute atomic E-state index is 0.119. The van der Waals surface area contributed by atoms with Crippen molar-refractivity contribution in [3.05, 3.63) is 12.2 Å². The van der Waals surface area contributed by atoms with Crippen LogP contribution in [0, 0.1) is 23.2 Å². The summed E-state index contributed by atoms with van der Waals surface area (Å²) in [5.74, 6) is 1.10. The van der Waals surface area contributed by atoms with Crippen LogP contribution in [0.3, 0.4) is 0 Å². The zero-order chi connectivity index (χ0) is 12.5. The van der Waals surface area contributed by atoms with E-state index < -0.39 is 5.97 Å². The summed E-state index contributed by atoms with van der Waals surface area (Å²) in [6, 6.07) is 0. The Morgan fingerprint density at radius 2 is 2.29 bits per heavy atom. The Bertz CT molecular complexity index is 326. The van der Waals surface area contributed by atoms with Gasteiger partial charge < -0.3 is 10.8 Å². The maximum atomic E-state index is 11.1. The number of carboxylic acid groups (broad SMARTS) is 1. The van der Waals surface area contributed by atoms with E-state index in [2.05, 4.69) is 12.2 Å². The Labute approximate surface area is 103 Å². The van der Waals surface area contributed by atoms with Crippen LogP contribution in [-0.4, -0.2) is 17.6 Å². The largest absolute Gasteiger partial charge is 0.481 e. The van der Waals surface area contributed by atoms with Gasteiger partial charge in [-0.3, -0.25) is 4.79 Å². The number of aliphatic carboxylic acids is 1. The molecule has 2 rings (SSSR count). The number of fused-ring (bicyclic) bond motifs is 1. The molecule has 3 N–H and O–H groups in total. The van der Waals surface area contributed by atoms with Crippen molar-refractivity contribution in [1.29, 1.82) is 0 Å². The monoisotopic (exact) mass is 237 g/mol. The van der Waals surface area contributed by atoms with Crippen LogP contribution in [-0.2, 0) is 4.79 Å². The van der Waals surface area contributed by atoms with Gasteiger partial charge in [-0.2, -0.15) is 0 Å². The van der Waals surface area contributed by atoms with Crippen LogP contribution in [0.25, 0.3) is 0 Å². The van der Waals surface area contributed by atoms with Crippen LogP contribution in [0.5, 0.6) is 0 Å². The fraction of sp³-hybridized carbons (Fsp3) is 0.786. The molecule has 2 unspecified atom stereocenters. The lowest BCUT2D eigenvalue weighted by Crippen LogP contribution is -2.59. The van der Waals surface area contributed by atoms with E-state index in [4.69, 9.17) is 10.8 Å². The van der Waals surface area contributed by atoms with Crippen LogP contribution in [0.1, 0.15) is 39.0 Å². The Balaban J connectivity index is 2.17. The third kappa shape index (κ3) is 1.90. The molecule has 2 aliphatic rings. The summed E-state index contributed by atoms with van der Waals surface area (Å²) in [4.78, 5) is 11.1. The molecule has 96 valence electrons. The number of nitrogens with two attached hydrogens (primary N) is 1. The van der Waals surface area contributed by atoms with Gasteiger partial charge in [-0.1, -0.05) is 18.6 Å². The van der Waals surface area contributed by atoms with Crippen LogP contribution in [0.2, 0.25) is 0 Å². The summed E-state index contributed by atoms with van der Waals surface area (Å²) in [7, 11) is 0. The summed E-state index contributed by atoms with van der Waals surface area (Å²) < 4.78 is 0. The van der Waals surface area contributed by atoms with Gasteiger partial charge in [0.1, 0.15) is 0 Å². The number of carboxylic acids is 1. The molecule has 0 spiro atoms. The van der Waals surface area contributed by atoms with Crippen molar-refractivity contribution in [2.75, 3.05) is 6.54 Å². The van der Waals surface area contributed by atoms with Crippen molar-refractivity contribution < 1.29 is 9.90 Å². The molecule has 2 fully saturated rings. The number of hydrogen-bond donors (Lipinski definition) is 2. The molecule has 4 atom stereocenters. The van der Waals surface area contributed by atoms with Crippen molar-refractivity contribution >= 4 is 5.97 Å². The molecule has 3 nitrogen and oxygen atoms in total. The Morgan fingerprint density at radius 1 is 1.53 bits per heavy atom. The van der Waals surface area contributed by atoms with Gasteiger partial charge in [-0.25, -0.2) is 0 Å². The topological polar surface area (TPSA) is 63.3 Å². The van der Waals surface area contributed by atoms with E-state index in [1.165, 1.54) is 19.3 Å². The predicted molar refractivity (Wildman–Crippen MR) is 67.5 cm³/mol. The summed E-state index contributed by atoms with van der Waals surface area (Å²) in [5, 5.41) is 9.13. The first kappa shape index (κ1) is 12.6. The van der Waals surface area contributed by atoms with Crippen molar-refractivity contribution in [3.63, 3.8) is 0 Å². The second kappa shape index (κ2) is 4.81. The standard InChI is InChI=1S/C14H23NO2/c1-2-3-6-11-10-5-4-7-12(10)14(11,9-15)8-13(16)17/h2-3,10-12H,4-9,15H2,1H3,(H,16,17)/t10-,11?,12?,14-/m0/s1. The quantitative estimate of drug-likeness (QED) is 0.722. The molecule has 0 heterocycles. The van der Waals surface area contributed by atoms with E-state index in [9.17, 15) is 4.79 Å². The highest BCUT2D eigenvalue weighted by atomic mass is 16.4. The summed E-state index contributed by atoms with van der Waals surface area (Å²) in [5.41, 5.74) is 5.83. The average Bonchev–Trinajstić information content (AvgIpc) is 2.72. The fourth-order valence-corrected chi connectivity index (χ4v) is 4.38. The Kier molecular flexibility index (Phi) is 3.57. The number of carbonyl (C=O) groups is 1. The molecule has 3 heteroatoms. The van der Waals surface area contributed by atoms with Crippen molar-refractivity contribution in [1.82, 2.24) is 0 Å². The highest BCUT2D eigenvalue weighted by molar-refractivity contribution is 5.68. The summed E-state index contributed by atoms with van der Waals surface area (Å²) >= 11 is 0. The zero-order valence-corrected chi connectivity index (χ0v) is 10.6. The van der Waals surface area contributed by atoms with E-state index in [0.717, 1.165) is 12.3 Å². The van der Waals surface area contributed by atoms with Crippen molar-refractivity contribution in [2.24, 2.45) is 28.9 Å². The molecular weight excluding hydrogens is 214 g/mol. The second-order valence-corrected chi connectivity index (χ2v) is 5.62. The number of rotatable bonds is 5. The molecular formula is C14H23NO2. The lowest BCUT2D eigenvalue weighted by atomic mass is 9.45. The fourth-order valence-electron chi connectivity index (χ4n) is 4.38. The van der Waals surface area contributed by atoms with E-state index in [1.54, 1.807) is 0 Å². The minimum Gasteiger partial charge on any atom is -0.481 e. The van der Waals surface area contributed by atoms with E-state index >= 15 is 0 Å². The first-order valence-electron chi connectivity index (χ1n) is 6.68. The van der Waals surface area contributed by atoms with Crippen molar-refractivity contribution in [3.8, 4) is 0 Å². The van der Waals surface area contributed by atoms with Crippen molar-refractivity contribution in [2.45, 2.75) is 39.0 Å². The van der Waals surface area contributed by atoms with Crippen LogP contribution in [0.15, 0.2) is 12.2 Å². The van der Waals surface area contributed by atoms with Gasteiger partial charge in [0.15, 0.2) is 0 Å². The normalized spacial score (nSPS) is 40.2. The first-order chi connectivity index (χ1) is 8.15. The molecule has 0 aromatic rings. The maximum Gasteiger partial charge on any atom is 0.303 e. The lowest BCUT2D eigenvalue weighted by molar-refractivity contribution is -0.155. The zero-order valence-electron chi connectivity index (χ0n) is 10.6. The van der Waals surface area contributed by atoms with Crippen LogP contribution < -0.4 is 5.73 Å². The molecule has 0 aromatic heterocycles. The minimum atomic E-state index is -0.689. The molecule has 0 saturated heterocycles. The van der Waals surface area contributed by atoms with Crippen LogP contribution >= 0.6 is 0 Å². The number of hydrogen-bond acceptors (Lipinski definition) is 2. The van der Waals surface area contributed by atoms with Gasteiger partial charge in [0, 0.05) is 0 Å². The number of allylic oxidation sites excluding steroid dienone is 2. The highest BCUT2D eigenvalue weighted by Crippen LogP contribution is 2.65. The summed E-state index contributed by atoms with van der Waals surface area (Å²) in [6.45, 7) is 2.55. The Morgan fingerprint density at radius 3 is 2.88 bits per heavy atom. The first-order valence-corrected chi connectivity index (χ1v) is 6.68. The van der Waals surface area contributed by atoms with Gasteiger partial charge in [0.2, 0.25) is 0 Å². The van der Waals surface area contributed by atoms with Gasteiger partial charge in [-0.05, 0) is 55.9 Å². The second-order valence-electron chi connectivity index (χ2n) is 5.62. The SMILES string of the molecule is CC=CCC1[C@@H]2CCCC2[C@]1(CN)CC(=O)O. The van der Waals surface area contributed by atoms with E-state index in [-0.39, 0.29) is 11.8 Å². The molecule has 2 aliphatic carbocycles. The van der Waals surface area contributed by atoms with Crippen LogP contribution in [0.4, 0.5) is 0 Å². The maximum absolute atomic E-state index is 11.1. The smallest absolute Gasteiger partial charge is 0.303 e. The summed E-state index contributed by atoms with van der Waals surface area (Å²) in [6.07, 6.45) is 9.20. The molecule has 0 aliphatic heterocycles.